The van der Waals surface area contributed by atoms with Crippen molar-refractivity contribution in [3.05, 3.63) is 65.5 Å². The number of nitrogens with zero attached hydrogens (tertiary/aromatic N) is 1. The smallest absolute Gasteiger partial charge is 0.338 e. The molecule has 0 heterocycles. The standard InChI is InChI=1S/C20H23FN2O5S/c1-4-22-29(26,27)18-10-6-8-16(12-18)20(25)28-14(2)19(24)23(3)13-15-7-5-9-17(21)11-15/h5-12,14,22H,4,13H2,1-3H3. The molecule has 0 spiro atoms. The van der Waals surface area contributed by atoms with Crippen LogP contribution in [0.1, 0.15) is 29.8 Å². The molecule has 0 aliphatic carbocycles. The molecule has 0 aromatic heterocycles. The molecule has 2 aromatic rings. The first-order chi connectivity index (χ1) is 13.6. The lowest BCUT2D eigenvalue weighted by molar-refractivity contribution is -0.139. The third kappa shape index (κ3) is 6.10. The van der Waals surface area contributed by atoms with Crippen molar-refractivity contribution < 1.29 is 27.1 Å². The van der Waals surface area contributed by atoms with Crippen LogP contribution in [0.4, 0.5) is 4.39 Å². The third-order valence-corrected chi connectivity index (χ3v) is 5.57. The topological polar surface area (TPSA) is 92.8 Å². The first kappa shape index (κ1) is 22.5. The molecule has 0 aliphatic rings. The molecule has 0 radical (unpaired) electrons. The highest BCUT2D eigenvalue weighted by Crippen LogP contribution is 2.14. The van der Waals surface area contributed by atoms with Crippen LogP contribution in [0, 0.1) is 5.82 Å². The zero-order chi connectivity index (χ0) is 21.6. The van der Waals surface area contributed by atoms with Crippen LogP contribution in [0.15, 0.2) is 53.4 Å². The first-order valence-corrected chi connectivity index (χ1v) is 10.4. The number of ether oxygens (including phenoxy) is 1. The number of rotatable bonds is 8. The Kier molecular flexibility index (Phi) is 7.46. The number of sulfonamides is 1. The predicted molar refractivity (Wildman–Crippen MR) is 105 cm³/mol. The van der Waals surface area contributed by atoms with Gasteiger partial charge in [0.05, 0.1) is 10.5 Å². The molecule has 1 N–H and O–H groups in total. The summed E-state index contributed by atoms with van der Waals surface area (Å²) in [7, 11) is -2.21. The molecule has 2 rings (SSSR count). The van der Waals surface area contributed by atoms with Gasteiger partial charge in [-0.3, -0.25) is 4.79 Å². The summed E-state index contributed by atoms with van der Waals surface area (Å²) in [5.74, 6) is -1.70. The molecule has 156 valence electrons. The second-order valence-corrected chi connectivity index (χ2v) is 8.17. The summed E-state index contributed by atoms with van der Waals surface area (Å²) in [5.41, 5.74) is 0.608. The highest BCUT2D eigenvalue weighted by molar-refractivity contribution is 7.89. The van der Waals surface area contributed by atoms with Gasteiger partial charge in [-0.05, 0) is 42.8 Å². The van der Waals surface area contributed by atoms with Crippen molar-refractivity contribution in [3.63, 3.8) is 0 Å². The maximum atomic E-state index is 13.3. The number of carbonyl (C=O) groups is 2. The summed E-state index contributed by atoms with van der Waals surface area (Å²) < 4.78 is 45.0. The normalized spacial score (nSPS) is 12.3. The van der Waals surface area contributed by atoms with Crippen molar-refractivity contribution in [2.45, 2.75) is 31.4 Å². The van der Waals surface area contributed by atoms with Gasteiger partial charge in [0, 0.05) is 20.1 Å². The summed E-state index contributed by atoms with van der Waals surface area (Å²) >= 11 is 0. The number of carbonyl (C=O) groups excluding carboxylic acids is 2. The molecule has 9 heteroatoms. The summed E-state index contributed by atoms with van der Waals surface area (Å²) in [6, 6.07) is 11.2. The molecule has 0 saturated heterocycles. The van der Waals surface area contributed by atoms with E-state index in [2.05, 4.69) is 4.72 Å². The maximum Gasteiger partial charge on any atom is 0.338 e. The minimum Gasteiger partial charge on any atom is -0.449 e. The Morgan fingerprint density at radius 3 is 2.52 bits per heavy atom. The molecule has 7 nitrogen and oxygen atoms in total. The molecule has 2 aromatic carbocycles. The Balaban J connectivity index is 2.05. The summed E-state index contributed by atoms with van der Waals surface area (Å²) in [6.07, 6.45) is -1.10. The maximum absolute atomic E-state index is 13.3. The quantitative estimate of drug-likeness (QED) is 0.659. The molecule has 29 heavy (non-hydrogen) atoms. The minimum atomic E-state index is -3.73. The minimum absolute atomic E-state index is 0.0106. The highest BCUT2D eigenvalue weighted by Gasteiger charge is 2.23. The van der Waals surface area contributed by atoms with E-state index in [9.17, 15) is 22.4 Å². The lowest BCUT2D eigenvalue weighted by atomic mass is 10.2. The fourth-order valence-electron chi connectivity index (χ4n) is 2.64. The number of esters is 1. The van der Waals surface area contributed by atoms with E-state index >= 15 is 0 Å². The van der Waals surface area contributed by atoms with E-state index < -0.39 is 33.8 Å². The van der Waals surface area contributed by atoms with Crippen molar-refractivity contribution in [2.24, 2.45) is 0 Å². The second kappa shape index (κ2) is 9.62. The van der Waals surface area contributed by atoms with Crippen LogP contribution in [0.25, 0.3) is 0 Å². The van der Waals surface area contributed by atoms with E-state index in [0.29, 0.717) is 5.56 Å². The number of halogens is 1. The number of hydrogen-bond donors (Lipinski definition) is 1. The van der Waals surface area contributed by atoms with E-state index in [1.54, 1.807) is 19.1 Å². The van der Waals surface area contributed by atoms with Gasteiger partial charge in [-0.15, -0.1) is 0 Å². The van der Waals surface area contributed by atoms with E-state index in [1.807, 2.05) is 0 Å². The largest absolute Gasteiger partial charge is 0.449 e. The zero-order valence-corrected chi connectivity index (χ0v) is 17.2. The molecule has 1 atom stereocenters. The predicted octanol–water partition coefficient (Wildman–Crippen LogP) is 2.33. The van der Waals surface area contributed by atoms with Crippen molar-refractivity contribution in [1.29, 1.82) is 0 Å². The number of likely N-dealkylation sites (N-methyl/N-ethyl adjacent to an activating group) is 1. The van der Waals surface area contributed by atoms with Crippen LogP contribution in [0.3, 0.4) is 0 Å². The van der Waals surface area contributed by atoms with Crippen molar-refractivity contribution >= 4 is 21.9 Å². The van der Waals surface area contributed by atoms with Crippen LogP contribution < -0.4 is 4.72 Å². The molecule has 1 unspecified atom stereocenters. The molecule has 0 aliphatic heterocycles. The van der Waals surface area contributed by atoms with Gasteiger partial charge in [0.1, 0.15) is 5.82 Å². The Morgan fingerprint density at radius 2 is 1.86 bits per heavy atom. The second-order valence-electron chi connectivity index (χ2n) is 6.40. The average Bonchev–Trinajstić information content (AvgIpc) is 2.67. The van der Waals surface area contributed by atoms with Crippen LogP contribution in [-0.2, 0) is 26.1 Å². The third-order valence-electron chi connectivity index (χ3n) is 4.03. The van der Waals surface area contributed by atoms with Gasteiger partial charge in [-0.1, -0.05) is 25.1 Å². The van der Waals surface area contributed by atoms with Crippen molar-refractivity contribution in [2.75, 3.05) is 13.6 Å². The average molecular weight is 422 g/mol. The van der Waals surface area contributed by atoms with Gasteiger partial charge in [0.2, 0.25) is 10.0 Å². The zero-order valence-electron chi connectivity index (χ0n) is 16.4. The van der Waals surface area contributed by atoms with Gasteiger partial charge in [-0.25, -0.2) is 22.3 Å². The van der Waals surface area contributed by atoms with Crippen LogP contribution in [0.5, 0.6) is 0 Å². The van der Waals surface area contributed by atoms with E-state index in [4.69, 9.17) is 4.74 Å². The molecule has 0 fully saturated rings. The fraction of sp³-hybridized carbons (Fsp3) is 0.300. The number of nitrogens with one attached hydrogen (secondary N) is 1. The van der Waals surface area contributed by atoms with Crippen LogP contribution in [0.2, 0.25) is 0 Å². The van der Waals surface area contributed by atoms with E-state index in [1.165, 1.54) is 55.3 Å². The van der Waals surface area contributed by atoms with Gasteiger partial charge in [0.15, 0.2) is 6.10 Å². The molecular formula is C20H23FN2O5S. The van der Waals surface area contributed by atoms with Crippen molar-refractivity contribution in [3.8, 4) is 0 Å². The van der Waals surface area contributed by atoms with Gasteiger partial charge >= 0.3 is 5.97 Å². The number of amides is 1. The highest BCUT2D eigenvalue weighted by atomic mass is 32.2. The monoisotopic (exact) mass is 422 g/mol. The SMILES string of the molecule is CCNS(=O)(=O)c1cccc(C(=O)OC(C)C(=O)N(C)Cc2cccc(F)c2)c1. The number of hydrogen-bond acceptors (Lipinski definition) is 5. The van der Waals surface area contributed by atoms with Gasteiger partial charge < -0.3 is 9.64 Å². The lowest BCUT2D eigenvalue weighted by Gasteiger charge is -2.21. The first-order valence-electron chi connectivity index (χ1n) is 8.94. The lowest BCUT2D eigenvalue weighted by Crippen LogP contribution is -2.37. The van der Waals surface area contributed by atoms with Crippen molar-refractivity contribution in [1.82, 2.24) is 9.62 Å². The molecule has 0 saturated carbocycles. The molecular weight excluding hydrogens is 399 g/mol. The Labute approximate surface area is 169 Å². The Hall–Kier alpha value is -2.78. The van der Waals surface area contributed by atoms with Crippen LogP contribution in [-0.4, -0.2) is 44.9 Å². The van der Waals surface area contributed by atoms with Gasteiger partial charge in [0.25, 0.3) is 5.91 Å². The van der Waals surface area contributed by atoms with Gasteiger partial charge in [-0.2, -0.15) is 0 Å². The summed E-state index contributed by atoms with van der Waals surface area (Å²) in [6.45, 7) is 3.42. The Morgan fingerprint density at radius 1 is 1.17 bits per heavy atom. The number of benzene rings is 2. The summed E-state index contributed by atoms with van der Waals surface area (Å²) in [5, 5.41) is 0. The van der Waals surface area contributed by atoms with Crippen LogP contribution >= 0.6 is 0 Å². The van der Waals surface area contributed by atoms with E-state index in [0.717, 1.165) is 0 Å². The Bertz CT molecular complexity index is 994. The molecule has 1 amide bonds. The fourth-order valence-corrected chi connectivity index (χ4v) is 3.73. The molecule has 0 bridgehead atoms. The summed E-state index contributed by atoms with van der Waals surface area (Å²) in [4.78, 5) is 26.1. The van der Waals surface area contributed by atoms with E-state index in [-0.39, 0.29) is 23.5 Å².